The van der Waals surface area contributed by atoms with E-state index in [4.69, 9.17) is 0 Å². The quantitative estimate of drug-likeness (QED) is 0.267. The molecule has 1 aliphatic rings. The number of halogens is 2. The van der Waals surface area contributed by atoms with Crippen molar-refractivity contribution in [2.24, 2.45) is 0 Å². The van der Waals surface area contributed by atoms with Crippen LogP contribution in [0, 0.1) is 11.6 Å². The number of H-pyrrole nitrogens is 1. The molecule has 1 amide bonds. The summed E-state index contributed by atoms with van der Waals surface area (Å²) in [6.45, 7) is -0.0443. The van der Waals surface area contributed by atoms with Crippen molar-refractivity contribution in [3.8, 4) is 0 Å². The number of anilines is 1. The Balaban J connectivity index is 1.22. The molecule has 2 aromatic carbocycles. The largest absolute Gasteiger partial charge is 0.345 e. The smallest absolute Gasteiger partial charge is 0.264 e. The summed E-state index contributed by atoms with van der Waals surface area (Å²) < 4.78 is 27.8. The van der Waals surface area contributed by atoms with Crippen LogP contribution >= 0.6 is 0 Å². The van der Waals surface area contributed by atoms with Gasteiger partial charge in [-0.1, -0.05) is 30.4 Å². The summed E-state index contributed by atoms with van der Waals surface area (Å²) in [6.07, 6.45) is 11.5. The van der Waals surface area contributed by atoms with Crippen molar-refractivity contribution in [2.45, 2.75) is 19.4 Å². The Morgan fingerprint density at radius 3 is 2.74 bits per heavy atom. The first-order valence-corrected chi connectivity index (χ1v) is 11.7. The molecule has 0 atom stereocenters. The van der Waals surface area contributed by atoms with Gasteiger partial charge >= 0.3 is 0 Å². The van der Waals surface area contributed by atoms with Crippen molar-refractivity contribution < 1.29 is 18.4 Å². The molecule has 2 aromatic heterocycles. The van der Waals surface area contributed by atoms with Gasteiger partial charge in [0.15, 0.2) is 17.4 Å². The highest BCUT2D eigenvalue weighted by Crippen LogP contribution is 2.33. The lowest BCUT2D eigenvalue weighted by Gasteiger charge is -2.07. The van der Waals surface area contributed by atoms with Crippen molar-refractivity contribution in [3.63, 3.8) is 0 Å². The molecular formula is C28H21F2N5O3. The molecule has 0 saturated heterocycles. The molecule has 5 rings (SSSR count). The van der Waals surface area contributed by atoms with Crippen molar-refractivity contribution in [1.29, 1.82) is 0 Å². The van der Waals surface area contributed by atoms with E-state index in [-0.39, 0.29) is 30.2 Å². The third-order valence-corrected chi connectivity index (χ3v) is 6.01. The van der Waals surface area contributed by atoms with Crippen molar-refractivity contribution >= 4 is 35.1 Å². The molecule has 0 fully saturated rings. The Bertz CT molecular complexity index is 1660. The van der Waals surface area contributed by atoms with Gasteiger partial charge in [0.2, 0.25) is 0 Å². The van der Waals surface area contributed by atoms with E-state index in [1.54, 1.807) is 18.5 Å². The first-order valence-electron chi connectivity index (χ1n) is 11.7. The Morgan fingerprint density at radius 2 is 1.95 bits per heavy atom. The molecular weight excluding hydrogens is 492 g/mol. The van der Waals surface area contributed by atoms with Gasteiger partial charge in [-0.05, 0) is 41.8 Å². The first-order chi connectivity index (χ1) is 18.4. The minimum Gasteiger partial charge on any atom is -0.345 e. The van der Waals surface area contributed by atoms with Gasteiger partial charge in [0.25, 0.3) is 11.5 Å². The summed E-state index contributed by atoms with van der Waals surface area (Å²) in [5, 5.41) is 2.84. The van der Waals surface area contributed by atoms with E-state index >= 15 is 0 Å². The van der Waals surface area contributed by atoms with Gasteiger partial charge in [0, 0.05) is 36.3 Å². The molecule has 2 N–H and O–H groups in total. The zero-order valence-corrected chi connectivity index (χ0v) is 19.9. The average Bonchev–Trinajstić information content (AvgIpc) is 3.53. The Hall–Kier alpha value is -4.99. The van der Waals surface area contributed by atoms with Gasteiger partial charge in [0.05, 0.1) is 18.4 Å². The monoisotopic (exact) mass is 513 g/mol. The number of fused-ring (bicyclic) bond motifs is 1. The number of allylic oxidation sites excluding steroid dienone is 1. The lowest BCUT2D eigenvalue weighted by Crippen LogP contribution is -2.27. The molecule has 1 aliphatic heterocycles. The van der Waals surface area contributed by atoms with Crippen LogP contribution in [0.4, 0.5) is 14.5 Å². The van der Waals surface area contributed by atoms with Crippen molar-refractivity contribution in [3.05, 3.63) is 117 Å². The van der Waals surface area contributed by atoms with E-state index < -0.39 is 17.2 Å². The van der Waals surface area contributed by atoms with Crippen LogP contribution in [0.5, 0.6) is 0 Å². The highest BCUT2D eigenvalue weighted by atomic mass is 19.2. The van der Waals surface area contributed by atoms with Crippen LogP contribution < -0.4 is 10.9 Å². The number of aromatic amines is 1. The van der Waals surface area contributed by atoms with Crippen LogP contribution in [0.2, 0.25) is 0 Å². The van der Waals surface area contributed by atoms with Gasteiger partial charge in [-0.3, -0.25) is 19.0 Å². The topological polar surface area (TPSA) is 110 Å². The molecule has 0 saturated carbocycles. The molecule has 3 heterocycles. The number of amides is 1. The highest BCUT2D eigenvalue weighted by Gasteiger charge is 2.24. The number of carbonyl (C=O) groups is 2. The van der Waals surface area contributed by atoms with E-state index in [1.165, 1.54) is 23.2 Å². The molecule has 190 valence electrons. The van der Waals surface area contributed by atoms with E-state index in [1.807, 2.05) is 30.4 Å². The number of imidazole rings is 1. The summed E-state index contributed by atoms with van der Waals surface area (Å²) >= 11 is 0. The van der Waals surface area contributed by atoms with Gasteiger partial charge in [-0.15, -0.1) is 0 Å². The van der Waals surface area contributed by atoms with Gasteiger partial charge in [0.1, 0.15) is 11.4 Å². The minimum atomic E-state index is -1.01. The Kier molecular flexibility index (Phi) is 6.86. The van der Waals surface area contributed by atoms with Crippen LogP contribution in [0.15, 0.2) is 72.2 Å². The predicted octanol–water partition coefficient (Wildman–Crippen LogP) is 4.46. The average molecular weight is 514 g/mol. The van der Waals surface area contributed by atoms with E-state index in [9.17, 15) is 23.2 Å². The SMILES string of the molecule is O=C1Nc2cc(/C=C/CCC(=O)c3cncn(Cc4ccc(F)c(F)c4)c3=O)ccc2/C1=C/c1ncc[nH]1. The number of hydrogen-bond acceptors (Lipinski definition) is 5. The fourth-order valence-corrected chi connectivity index (χ4v) is 4.11. The van der Waals surface area contributed by atoms with Crippen LogP contribution in [-0.4, -0.2) is 31.2 Å². The second-order valence-electron chi connectivity index (χ2n) is 8.64. The molecule has 8 nitrogen and oxygen atoms in total. The Labute approximate surface area is 215 Å². The molecule has 0 aliphatic carbocycles. The number of benzene rings is 2. The van der Waals surface area contributed by atoms with E-state index in [0.29, 0.717) is 29.1 Å². The number of carbonyl (C=O) groups excluding carboxylic acids is 2. The third-order valence-electron chi connectivity index (χ3n) is 6.01. The summed E-state index contributed by atoms with van der Waals surface area (Å²) in [5.41, 5.74) is 2.56. The summed E-state index contributed by atoms with van der Waals surface area (Å²) in [4.78, 5) is 48.8. The molecule has 4 aromatic rings. The number of hydrogen-bond donors (Lipinski definition) is 2. The van der Waals surface area contributed by atoms with Crippen molar-refractivity contribution in [1.82, 2.24) is 19.5 Å². The maximum absolute atomic E-state index is 13.5. The number of rotatable bonds is 8. The predicted molar refractivity (Wildman–Crippen MR) is 138 cm³/mol. The number of nitrogens with one attached hydrogen (secondary N) is 2. The van der Waals surface area contributed by atoms with Gasteiger partial charge in [-0.25, -0.2) is 18.7 Å². The highest BCUT2D eigenvalue weighted by molar-refractivity contribution is 6.34. The van der Waals surface area contributed by atoms with Crippen LogP contribution in [0.25, 0.3) is 17.7 Å². The van der Waals surface area contributed by atoms with Crippen LogP contribution in [0.1, 0.15) is 45.7 Å². The first kappa shape index (κ1) is 24.7. The lowest BCUT2D eigenvalue weighted by molar-refractivity contribution is -0.110. The Morgan fingerprint density at radius 1 is 1.08 bits per heavy atom. The standard InChI is InChI=1S/C28H21F2N5O3/c29-22-8-6-18(11-23(22)30)15-35-16-31-14-21(28(35)38)25(36)4-2-1-3-17-5-7-19-20(13-26-32-9-10-33-26)27(37)34-24(19)12-17/h1,3,5-14,16H,2,4,15H2,(H,32,33)(H,34,37)/b3-1+,20-13-. The zero-order valence-electron chi connectivity index (χ0n) is 19.9. The second kappa shape index (κ2) is 10.6. The molecule has 38 heavy (non-hydrogen) atoms. The zero-order chi connectivity index (χ0) is 26.6. The molecule has 0 spiro atoms. The number of aromatic nitrogens is 4. The molecule has 0 unspecified atom stereocenters. The van der Waals surface area contributed by atoms with Crippen molar-refractivity contribution in [2.75, 3.05) is 5.32 Å². The van der Waals surface area contributed by atoms with Gasteiger partial charge < -0.3 is 10.3 Å². The molecule has 10 heteroatoms. The maximum Gasteiger partial charge on any atom is 0.264 e. The number of ketones is 1. The number of Topliss-reactive ketones (excluding diaryl/α,β-unsaturated/α-hetero) is 1. The van der Waals surface area contributed by atoms with Crippen LogP contribution in [-0.2, 0) is 11.3 Å². The second-order valence-corrected chi connectivity index (χ2v) is 8.64. The summed E-state index contributed by atoms with van der Waals surface area (Å²) in [5.74, 6) is -2.00. The molecule has 0 radical (unpaired) electrons. The number of nitrogens with zero attached hydrogens (tertiary/aromatic N) is 3. The normalized spacial score (nSPS) is 13.7. The van der Waals surface area contributed by atoms with E-state index in [2.05, 4.69) is 20.3 Å². The van der Waals surface area contributed by atoms with E-state index in [0.717, 1.165) is 23.3 Å². The summed E-state index contributed by atoms with van der Waals surface area (Å²) in [6, 6.07) is 8.90. The van der Waals surface area contributed by atoms with Crippen LogP contribution in [0.3, 0.4) is 0 Å². The fourth-order valence-electron chi connectivity index (χ4n) is 4.11. The van der Waals surface area contributed by atoms with Gasteiger partial charge in [-0.2, -0.15) is 0 Å². The summed E-state index contributed by atoms with van der Waals surface area (Å²) in [7, 11) is 0. The molecule has 0 bridgehead atoms. The lowest BCUT2D eigenvalue weighted by atomic mass is 10.0. The fraction of sp³-hybridized carbons (Fsp3) is 0.107. The third kappa shape index (κ3) is 5.24. The minimum absolute atomic E-state index is 0.0443. The maximum atomic E-state index is 13.5.